The maximum atomic E-state index is 11.5. The molecule has 1 N–H and O–H groups in total. The molecule has 0 saturated carbocycles. The highest BCUT2D eigenvalue weighted by atomic mass is 32.2. The standard InChI is InChI=1S/C17H24N2O2S2/c1-3-19(23(2,20)21)13-7-12-18-14-16-10-11-17(22-16)15-8-5-4-6-9-15/h4-6,8-11,18H,3,7,12-14H2,1-2H3. The number of rotatable bonds is 9. The summed E-state index contributed by atoms with van der Waals surface area (Å²) in [5.41, 5.74) is 1.25. The van der Waals surface area contributed by atoms with Crippen molar-refractivity contribution in [2.24, 2.45) is 0 Å². The summed E-state index contributed by atoms with van der Waals surface area (Å²) in [5, 5.41) is 3.39. The zero-order valence-corrected chi connectivity index (χ0v) is 15.3. The Balaban J connectivity index is 1.74. The van der Waals surface area contributed by atoms with Gasteiger partial charge in [0.2, 0.25) is 10.0 Å². The number of hydrogen-bond donors (Lipinski definition) is 1. The van der Waals surface area contributed by atoms with E-state index in [9.17, 15) is 8.42 Å². The predicted octanol–water partition coefficient (Wildman–Crippen LogP) is 3.18. The maximum Gasteiger partial charge on any atom is 0.211 e. The van der Waals surface area contributed by atoms with Crippen molar-refractivity contribution in [2.75, 3.05) is 25.9 Å². The van der Waals surface area contributed by atoms with Crippen molar-refractivity contribution in [1.82, 2.24) is 9.62 Å². The molecule has 0 radical (unpaired) electrons. The first kappa shape index (κ1) is 18.1. The number of hydrogen-bond acceptors (Lipinski definition) is 4. The van der Waals surface area contributed by atoms with Crippen LogP contribution in [0.4, 0.5) is 0 Å². The molecule has 4 nitrogen and oxygen atoms in total. The van der Waals surface area contributed by atoms with Crippen molar-refractivity contribution in [1.29, 1.82) is 0 Å². The summed E-state index contributed by atoms with van der Waals surface area (Å²) in [6.45, 7) is 4.60. The van der Waals surface area contributed by atoms with Crippen LogP contribution in [0.3, 0.4) is 0 Å². The van der Waals surface area contributed by atoms with Gasteiger partial charge in [-0.15, -0.1) is 11.3 Å². The fraction of sp³-hybridized carbons (Fsp3) is 0.412. The van der Waals surface area contributed by atoms with Gasteiger partial charge in [-0.1, -0.05) is 37.3 Å². The van der Waals surface area contributed by atoms with E-state index in [0.29, 0.717) is 13.1 Å². The quantitative estimate of drug-likeness (QED) is 0.705. The first-order chi connectivity index (χ1) is 11.0. The van der Waals surface area contributed by atoms with Gasteiger partial charge in [-0.3, -0.25) is 0 Å². The molecule has 23 heavy (non-hydrogen) atoms. The van der Waals surface area contributed by atoms with Crippen molar-refractivity contribution in [2.45, 2.75) is 19.9 Å². The molecule has 0 atom stereocenters. The maximum absolute atomic E-state index is 11.5. The molecule has 0 saturated heterocycles. The average molecular weight is 353 g/mol. The van der Waals surface area contributed by atoms with Crippen LogP contribution in [-0.2, 0) is 16.6 Å². The van der Waals surface area contributed by atoms with Crippen LogP contribution >= 0.6 is 11.3 Å². The Kier molecular flexibility index (Phi) is 6.77. The normalized spacial score (nSPS) is 12.0. The fourth-order valence-electron chi connectivity index (χ4n) is 2.38. The lowest BCUT2D eigenvalue weighted by atomic mass is 10.2. The van der Waals surface area contributed by atoms with Gasteiger partial charge >= 0.3 is 0 Å². The summed E-state index contributed by atoms with van der Waals surface area (Å²) >= 11 is 1.79. The minimum atomic E-state index is -3.07. The van der Waals surface area contributed by atoms with Crippen molar-refractivity contribution < 1.29 is 8.42 Å². The third-order valence-corrected chi connectivity index (χ3v) is 6.12. The van der Waals surface area contributed by atoms with Crippen molar-refractivity contribution in [3.63, 3.8) is 0 Å². The molecule has 0 aliphatic carbocycles. The van der Waals surface area contributed by atoms with E-state index < -0.39 is 10.0 Å². The van der Waals surface area contributed by atoms with Crippen molar-refractivity contribution in [3.05, 3.63) is 47.3 Å². The molecule has 6 heteroatoms. The second-order valence-corrected chi connectivity index (χ2v) is 8.57. The molecule has 0 spiro atoms. The van der Waals surface area contributed by atoms with Crippen LogP contribution in [0.5, 0.6) is 0 Å². The zero-order valence-electron chi connectivity index (χ0n) is 13.7. The van der Waals surface area contributed by atoms with E-state index in [1.807, 2.05) is 25.1 Å². The van der Waals surface area contributed by atoms with Gasteiger partial charge in [-0.2, -0.15) is 0 Å². The largest absolute Gasteiger partial charge is 0.312 e. The second-order valence-electron chi connectivity index (χ2n) is 5.42. The van der Waals surface area contributed by atoms with E-state index in [2.05, 4.69) is 29.6 Å². The summed E-state index contributed by atoms with van der Waals surface area (Å²) in [7, 11) is -3.07. The van der Waals surface area contributed by atoms with Gasteiger partial charge in [0.1, 0.15) is 0 Å². The predicted molar refractivity (Wildman–Crippen MR) is 98.2 cm³/mol. The molecule has 0 aliphatic heterocycles. The summed E-state index contributed by atoms with van der Waals surface area (Å²) < 4.78 is 24.5. The third kappa shape index (κ3) is 5.73. The minimum Gasteiger partial charge on any atom is -0.312 e. The lowest BCUT2D eigenvalue weighted by Gasteiger charge is -2.17. The number of sulfonamides is 1. The van der Waals surface area contributed by atoms with E-state index >= 15 is 0 Å². The van der Waals surface area contributed by atoms with E-state index in [1.54, 1.807) is 11.3 Å². The van der Waals surface area contributed by atoms with Gasteiger partial charge in [0, 0.05) is 29.4 Å². The molecule has 0 bridgehead atoms. The zero-order chi connectivity index (χ0) is 16.7. The monoisotopic (exact) mass is 352 g/mol. The van der Waals surface area contributed by atoms with Crippen LogP contribution < -0.4 is 5.32 Å². The molecule has 1 aromatic heterocycles. The number of thiophene rings is 1. The Morgan fingerprint density at radius 2 is 1.87 bits per heavy atom. The molecule has 0 aliphatic rings. The molecule has 1 aromatic carbocycles. The molecule has 0 fully saturated rings. The van der Waals surface area contributed by atoms with Crippen LogP contribution in [0.15, 0.2) is 42.5 Å². The summed E-state index contributed by atoms with van der Waals surface area (Å²) in [4.78, 5) is 2.57. The van der Waals surface area contributed by atoms with Gasteiger partial charge in [0.25, 0.3) is 0 Å². The molecule has 2 aromatic rings. The molecule has 126 valence electrons. The summed E-state index contributed by atoms with van der Waals surface area (Å²) in [6, 6.07) is 14.7. The van der Waals surface area contributed by atoms with Crippen molar-refractivity contribution in [3.8, 4) is 10.4 Å². The Labute approximate surface area is 143 Å². The van der Waals surface area contributed by atoms with E-state index in [4.69, 9.17) is 0 Å². The molecule has 1 heterocycles. The summed E-state index contributed by atoms with van der Waals surface area (Å²) in [5.74, 6) is 0. The number of benzene rings is 1. The van der Waals surface area contributed by atoms with Crippen LogP contribution in [-0.4, -0.2) is 38.6 Å². The number of nitrogens with zero attached hydrogens (tertiary/aromatic N) is 1. The Morgan fingerprint density at radius 1 is 1.13 bits per heavy atom. The number of nitrogens with one attached hydrogen (secondary N) is 1. The van der Waals surface area contributed by atoms with E-state index in [0.717, 1.165) is 19.5 Å². The SMILES string of the molecule is CCN(CCCNCc1ccc(-c2ccccc2)s1)S(C)(=O)=O. The van der Waals surface area contributed by atoms with E-state index in [1.165, 1.54) is 25.9 Å². The Bertz CT molecular complexity index is 696. The fourth-order valence-corrected chi connectivity index (χ4v) is 4.29. The van der Waals surface area contributed by atoms with Gasteiger partial charge in [0.15, 0.2) is 0 Å². The molecular formula is C17H24N2O2S2. The second kappa shape index (κ2) is 8.59. The first-order valence-electron chi connectivity index (χ1n) is 7.80. The van der Waals surface area contributed by atoms with Gasteiger partial charge < -0.3 is 5.32 Å². The van der Waals surface area contributed by atoms with E-state index in [-0.39, 0.29) is 0 Å². The first-order valence-corrected chi connectivity index (χ1v) is 10.5. The molecule has 2 rings (SSSR count). The highest BCUT2D eigenvalue weighted by Crippen LogP contribution is 2.27. The topological polar surface area (TPSA) is 49.4 Å². The highest BCUT2D eigenvalue weighted by molar-refractivity contribution is 7.88. The Hall–Kier alpha value is -1.21. The van der Waals surface area contributed by atoms with Crippen LogP contribution in [0.2, 0.25) is 0 Å². The van der Waals surface area contributed by atoms with Crippen LogP contribution in [0.25, 0.3) is 10.4 Å². The van der Waals surface area contributed by atoms with Crippen LogP contribution in [0.1, 0.15) is 18.2 Å². The molecule has 0 amide bonds. The third-order valence-electron chi connectivity index (χ3n) is 3.60. The van der Waals surface area contributed by atoms with Gasteiger partial charge in [-0.05, 0) is 30.7 Å². The Morgan fingerprint density at radius 3 is 2.52 bits per heavy atom. The lowest BCUT2D eigenvalue weighted by molar-refractivity contribution is 0.419. The van der Waals surface area contributed by atoms with Gasteiger partial charge in [-0.25, -0.2) is 12.7 Å². The molecule has 0 unspecified atom stereocenters. The summed E-state index contributed by atoms with van der Waals surface area (Å²) in [6.07, 6.45) is 2.08. The lowest BCUT2D eigenvalue weighted by Crippen LogP contribution is -2.32. The highest BCUT2D eigenvalue weighted by Gasteiger charge is 2.12. The smallest absolute Gasteiger partial charge is 0.211 e. The van der Waals surface area contributed by atoms with Gasteiger partial charge in [0.05, 0.1) is 6.26 Å². The molecular weight excluding hydrogens is 328 g/mol. The van der Waals surface area contributed by atoms with Crippen LogP contribution in [0, 0.1) is 0 Å². The average Bonchev–Trinajstić information content (AvgIpc) is 2.99. The van der Waals surface area contributed by atoms with Crippen molar-refractivity contribution >= 4 is 21.4 Å². The minimum absolute atomic E-state index is 0.532.